The zero-order chi connectivity index (χ0) is 21.5. The van der Waals surface area contributed by atoms with Gasteiger partial charge >= 0.3 is 0 Å². The van der Waals surface area contributed by atoms with E-state index in [1.165, 1.54) is 18.2 Å². The van der Waals surface area contributed by atoms with Gasteiger partial charge in [-0.2, -0.15) is 0 Å². The maximum atomic E-state index is 14.8. The van der Waals surface area contributed by atoms with E-state index in [1.807, 2.05) is 13.8 Å². The third-order valence-electron chi connectivity index (χ3n) is 5.29. The molecule has 0 aromatic heterocycles. The molecule has 2 aromatic carbocycles. The zero-order valence-electron chi connectivity index (χ0n) is 17.6. The van der Waals surface area contributed by atoms with Crippen molar-refractivity contribution in [2.75, 3.05) is 19.8 Å². The van der Waals surface area contributed by atoms with E-state index < -0.39 is 17.5 Å². The summed E-state index contributed by atoms with van der Waals surface area (Å²) in [5, 5.41) is 0. The number of ether oxygens (including phenoxy) is 3. The molecule has 0 amide bonds. The fourth-order valence-corrected chi connectivity index (χ4v) is 3.57. The Kier molecular flexibility index (Phi) is 8.16. The van der Waals surface area contributed by atoms with Crippen molar-refractivity contribution in [2.45, 2.75) is 58.2 Å². The predicted octanol–water partition coefficient (Wildman–Crippen LogP) is 6.60. The van der Waals surface area contributed by atoms with Crippen LogP contribution in [0.15, 0.2) is 30.3 Å². The molecule has 0 radical (unpaired) electrons. The highest BCUT2D eigenvalue weighted by Gasteiger charge is 2.27. The quantitative estimate of drug-likeness (QED) is 0.426. The van der Waals surface area contributed by atoms with Gasteiger partial charge in [-0.05, 0) is 48.9 Å². The first-order chi connectivity index (χ1) is 14.5. The van der Waals surface area contributed by atoms with Crippen LogP contribution in [-0.4, -0.2) is 26.1 Å². The van der Waals surface area contributed by atoms with E-state index in [4.69, 9.17) is 14.2 Å². The minimum atomic E-state index is -0.976. The molecule has 3 nitrogen and oxygen atoms in total. The van der Waals surface area contributed by atoms with E-state index in [9.17, 15) is 13.2 Å². The van der Waals surface area contributed by atoms with E-state index in [-0.39, 0.29) is 41.3 Å². The monoisotopic (exact) mass is 422 g/mol. The highest BCUT2D eigenvalue weighted by Crippen LogP contribution is 2.35. The molecule has 1 aliphatic rings. The molecule has 164 valence electrons. The highest BCUT2D eigenvalue weighted by molar-refractivity contribution is 5.66. The van der Waals surface area contributed by atoms with E-state index >= 15 is 0 Å². The molecule has 0 bridgehead atoms. The Morgan fingerprint density at radius 2 is 1.80 bits per heavy atom. The third-order valence-corrected chi connectivity index (χ3v) is 5.29. The molecule has 2 atom stereocenters. The fraction of sp³-hybridized carbons (Fsp3) is 0.500. The van der Waals surface area contributed by atoms with Crippen molar-refractivity contribution in [2.24, 2.45) is 0 Å². The van der Waals surface area contributed by atoms with Crippen LogP contribution in [0.25, 0.3) is 11.1 Å². The van der Waals surface area contributed by atoms with Crippen molar-refractivity contribution in [3.8, 4) is 16.9 Å². The molecule has 2 aromatic rings. The lowest BCUT2D eigenvalue weighted by Gasteiger charge is -2.29. The Hall–Kier alpha value is -2.05. The van der Waals surface area contributed by atoms with Crippen LogP contribution >= 0.6 is 0 Å². The fourth-order valence-electron chi connectivity index (χ4n) is 3.57. The summed E-state index contributed by atoms with van der Waals surface area (Å²) in [5.41, 5.74) is 0.576. The Bertz CT molecular complexity index is 833. The SMILES string of the molecule is CCCCOc1ccc(-c2ccc(C3CCC(OCCC)OC3)c(F)c2F)cc1F. The average molecular weight is 422 g/mol. The van der Waals surface area contributed by atoms with Crippen molar-refractivity contribution >= 4 is 0 Å². The molecule has 0 aliphatic carbocycles. The van der Waals surface area contributed by atoms with Gasteiger partial charge in [0, 0.05) is 18.1 Å². The summed E-state index contributed by atoms with van der Waals surface area (Å²) in [6.45, 7) is 5.35. The van der Waals surface area contributed by atoms with Crippen molar-refractivity contribution < 1.29 is 27.4 Å². The van der Waals surface area contributed by atoms with Crippen LogP contribution < -0.4 is 4.74 Å². The molecule has 0 N–H and O–H groups in total. The average Bonchev–Trinajstić information content (AvgIpc) is 2.76. The van der Waals surface area contributed by atoms with Crippen molar-refractivity contribution in [3.05, 3.63) is 53.3 Å². The van der Waals surface area contributed by atoms with Crippen LogP contribution in [0.5, 0.6) is 5.75 Å². The van der Waals surface area contributed by atoms with Crippen LogP contribution in [0, 0.1) is 17.5 Å². The molecule has 1 aliphatic heterocycles. The first-order valence-electron chi connectivity index (χ1n) is 10.7. The minimum absolute atomic E-state index is 0.0242. The van der Waals surface area contributed by atoms with E-state index in [1.54, 1.807) is 12.1 Å². The normalized spacial score (nSPS) is 19.1. The van der Waals surface area contributed by atoms with Gasteiger partial charge < -0.3 is 14.2 Å². The third kappa shape index (κ3) is 5.35. The van der Waals surface area contributed by atoms with Gasteiger partial charge in [-0.25, -0.2) is 13.2 Å². The van der Waals surface area contributed by atoms with Gasteiger partial charge in [0.25, 0.3) is 0 Å². The van der Waals surface area contributed by atoms with Crippen LogP contribution in [0.4, 0.5) is 13.2 Å². The summed E-state index contributed by atoms with van der Waals surface area (Å²) in [6.07, 6.45) is 3.67. The van der Waals surface area contributed by atoms with Gasteiger partial charge in [0.2, 0.25) is 0 Å². The predicted molar refractivity (Wildman–Crippen MR) is 110 cm³/mol. The Morgan fingerprint density at radius 1 is 0.967 bits per heavy atom. The number of hydrogen-bond donors (Lipinski definition) is 0. The smallest absolute Gasteiger partial charge is 0.166 e. The zero-order valence-corrected chi connectivity index (χ0v) is 17.6. The largest absolute Gasteiger partial charge is 0.491 e. The van der Waals surface area contributed by atoms with E-state index in [0.717, 1.165) is 19.3 Å². The summed E-state index contributed by atoms with van der Waals surface area (Å²) >= 11 is 0. The molecular formula is C24H29F3O3. The van der Waals surface area contributed by atoms with Gasteiger partial charge in [-0.1, -0.05) is 38.5 Å². The van der Waals surface area contributed by atoms with Gasteiger partial charge in [0.15, 0.2) is 29.5 Å². The maximum absolute atomic E-state index is 14.8. The molecule has 1 saturated heterocycles. The molecule has 0 spiro atoms. The molecular weight excluding hydrogens is 393 g/mol. The topological polar surface area (TPSA) is 27.7 Å². The first-order valence-corrected chi connectivity index (χ1v) is 10.7. The second-order valence-electron chi connectivity index (χ2n) is 7.59. The van der Waals surface area contributed by atoms with E-state index in [2.05, 4.69) is 0 Å². The lowest BCUT2D eigenvalue weighted by molar-refractivity contribution is -0.167. The minimum Gasteiger partial charge on any atom is -0.491 e. The molecule has 1 fully saturated rings. The number of benzene rings is 2. The van der Waals surface area contributed by atoms with Crippen LogP contribution in [0.2, 0.25) is 0 Å². The Labute approximate surface area is 176 Å². The maximum Gasteiger partial charge on any atom is 0.166 e. The number of halogens is 3. The number of rotatable bonds is 9. The highest BCUT2D eigenvalue weighted by atomic mass is 19.2. The van der Waals surface area contributed by atoms with Gasteiger partial charge in [0.1, 0.15) is 0 Å². The van der Waals surface area contributed by atoms with Crippen LogP contribution in [0.1, 0.15) is 57.4 Å². The summed E-state index contributed by atoms with van der Waals surface area (Å²) in [6, 6.07) is 7.24. The summed E-state index contributed by atoms with van der Waals surface area (Å²) in [5.74, 6) is -2.59. The molecule has 3 rings (SSSR count). The second kappa shape index (κ2) is 10.8. The van der Waals surface area contributed by atoms with Crippen molar-refractivity contribution in [3.63, 3.8) is 0 Å². The van der Waals surface area contributed by atoms with Gasteiger partial charge in [0.05, 0.1) is 13.2 Å². The van der Waals surface area contributed by atoms with Crippen molar-refractivity contribution in [1.82, 2.24) is 0 Å². The lowest BCUT2D eigenvalue weighted by atomic mass is 9.90. The van der Waals surface area contributed by atoms with E-state index in [0.29, 0.717) is 26.1 Å². The molecule has 2 unspecified atom stereocenters. The Morgan fingerprint density at radius 3 is 2.47 bits per heavy atom. The summed E-state index contributed by atoms with van der Waals surface area (Å²) in [4.78, 5) is 0. The molecule has 6 heteroatoms. The van der Waals surface area contributed by atoms with Crippen LogP contribution in [0.3, 0.4) is 0 Å². The molecule has 0 saturated carbocycles. The first kappa shape index (κ1) is 22.6. The lowest BCUT2D eigenvalue weighted by Crippen LogP contribution is -2.28. The summed E-state index contributed by atoms with van der Waals surface area (Å²) < 4.78 is 60.6. The second-order valence-corrected chi connectivity index (χ2v) is 7.59. The number of unbranched alkanes of at least 4 members (excludes halogenated alkanes) is 1. The van der Waals surface area contributed by atoms with Gasteiger partial charge in [-0.15, -0.1) is 0 Å². The van der Waals surface area contributed by atoms with Crippen LogP contribution in [-0.2, 0) is 9.47 Å². The standard InChI is InChI=1S/C24H29F3O3/c1-3-5-13-28-21-10-6-16(14-20(21)25)18-8-9-19(24(27)23(18)26)17-7-11-22(30-15-17)29-12-4-2/h6,8-10,14,17,22H,3-5,7,11-13,15H2,1-2H3. The molecule has 30 heavy (non-hydrogen) atoms. The number of hydrogen-bond acceptors (Lipinski definition) is 3. The van der Waals surface area contributed by atoms with Crippen molar-refractivity contribution in [1.29, 1.82) is 0 Å². The Balaban J connectivity index is 1.73. The molecule has 1 heterocycles. The summed E-state index contributed by atoms with van der Waals surface area (Å²) in [7, 11) is 0. The van der Waals surface area contributed by atoms with Gasteiger partial charge in [-0.3, -0.25) is 0 Å².